The molecule has 1 amide bonds. The molecule has 0 aromatic heterocycles. The minimum atomic E-state index is -1.19. The van der Waals surface area contributed by atoms with Crippen molar-refractivity contribution in [1.82, 2.24) is 5.32 Å². The van der Waals surface area contributed by atoms with Crippen molar-refractivity contribution in [3.63, 3.8) is 0 Å². The van der Waals surface area contributed by atoms with Crippen molar-refractivity contribution in [2.24, 2.45) is 0 Å². The predicted octanol–water partition coefficient (Wildman–Crippen LogP) is -1.23. The Morgan fingerprint density at radius 1 is 1.29 bits per heavy atom. The summed E-state index contributed by atoms with van der Waals surface area (Å²) in [7, 11) is 0. The average molecular weight is 247 g/mol. The molecule has 1 aliphatic heterocycles. The van der Waals surface area contributed by atoms with Crippen LogP contribution in [0.1, 0.15) is 26.7 Å². The van der Waals surface area contributed by atoms with Gasteiger partial charge in [0.15, 0.2) is 0 Å². The first-order chi connectivity index (χ1) is 8.01. The lowest BCUT2D eigenvalue weighted by Gasteiger charge is -2.42. The van der Waals surface area contributed by atoms with Gasteiger partial charge < -0.3 is 25.4 Å². The number of carbonyl (C=O) groups excluding carboxylic acids is 1. The number of nitrogens with one attached hydrogen (secondary N) is 1. The number of amides is 1. The lowest BCUT2D eigenvalue weighted by Crippen LogP contribution is -2.63. The summed E-state index contributed by atoms with van der Waals surface area (Å²) in [4.78, 5) is 11.1. The van der Waals surface area contributed by atoms with Crippen LogP contribution in [0, 0.1) is 0 Å². The minimum Gasteiger partial charge on any atom is -0.394 e. The van der Waals surface area contributed by atoms with Crippen molar-refractivity contribution in [3.8, 4) is 0 Å². The van der Waals surface area contributed by atoms with Gasteiger partial charge in [-0.2, -0.15) is 0 Å². The van der Waals surface area contributed by atoms with Crippen LogP contribution < -0.4 is 5.32 Å². The fourth-order valence-corrected chi connectivity index (χ4v) is 2.14. The van der Waals surface area contributed by atoms with E-state index in [9.17, 15) is 15.0 Å². The van der Waals surface area contributed by atoms with E-state index in [1.54, 1.807) is 0 Å². The highest BCUT2D eigenvalue weighted by atomic mass is 16.5. The first kappa shape index (κ1) is 14.4. The van der Waals surface area contributed by atoms with Gasteiger partial charge >= 0.3 is 0 Å². The number of hydrogen-bond acceptors (Lipinski definition) is 5. The summed E-state index contributed by atoms with van der Waals surface area (Å²) in [5.41, 5.74) is 0. The molecule has 1 aliphatic rings. The Morgan fingerprint density at radius 3 is 2.41 bits per heavy atom. The number of hydrogen-bond donors (Lipinski definition) is 4. The molecule has 0 aromatic rings. The number of rotatable bonds is 4. The molecule has 1 saturated heterocycles. The van der Waals surface area contributed by atoms with Gasteiger partial charge in [0, 0.05) is 6.92 Å². The molecule has 0 radical (unpaired) electrons. The van der Waals surface area contributed by atoms with Crippen molar-refractivity contribution in [2.45, 2.75) is 57.1 Å². The lowest BCUT2D eigenvalue weighted by molar-refractivity contribution is -0.196. The Kier molecular flexibility index (Phi) is 5.32. The van der Waals surface area contributed by atoms with Crippen molar-refractivity contribution in [2.75, 3.05) is 6.61 Å². The van der Waals surface area contributed by atoms with Gasteiger partial charge in [0.05, 0.1) is 18.8 Å². The van der Waals surface area contributed by atoms with Gasteiger partial charge in [0.1, 0.15) is 18.3 Å². The van der Waals surface area contributed by atoms with Gasteiger partial charge in [-0.1, -0.05) is 13.3 Å². The van der Waals surface area contributed by atoms with E-state index in [1.807, 2.05) is 6.92 Å². The third-order valence-electron chi connectivity index (χ3n) is 2.97. The zero-order valence-corrected chi connectivity index (χ0v) is 10.2. The van der Waals surface area contributed by atoms with Crippen LogP contribution in [0.3, 0.4) is 0 Å². The standard InChI is InChI=1S/C11H21NO5/c1-3-4-7-9(12-6(2)14)11(16)10(15)8(5-13)17-7/h7-11,13,15-16H,3-5H2,1-2H3,(H,12,14)/t7?,8-,9+,10+,11-/m1/s1. The molecule has 0 saturated carbocycles. The fraction of sp³-hybridized carbons (Fsp3) is 0.909. The van der Waals surface area contributed by atoms with Crippen LogP contribution in [0.2, 0.25) is 0 Å². The average Bonchev–Trinajstić information content (AvgIpc) is 2.28. The van der Waals surface area contributed by atoms with Crippen molar-refractivity contribution < 1.29 is 24.9 Å². The molecular formula is C11H21NO5. The lowest BCUT2D eigenvalue weighted by atomic mass is 9.90. The van der Waals surface area contributed by atoms with Crippen LogP contribution in [-0.4, -0.2) is 58.3 Å². The molecule has 1 unspecified atom stereocenters. The molecule has 1 heterocycles. The van der Waals surface area contributed by atoms with Gasteiger partial charge in [0.25, 0.3) is 0 Å². The Balaban J connectivity index is 2.78. The highest BCUT2D eigenvalue weighted by molar-refractivity contribution is 5.73. The quantitative estimate of drug-likeness (QED) is 0.499. The molecule has 0 bridgehead atoms. The normalized spacial score (nSPS) is 37.8. The van der Waals surface area contributed by atoms with E-state index in [2.05, 4.69) is 5.32 Å². The van der Waals surface area contributed by atoms with Gasteiger partial charge in [-0.3, -0.25) is 4.79 Å². The highest BCUT2D eigenvalue weighted by Gasteiger charge is 2.43. The SMILES string of the molecule is CCCC1O[C@H](CO)[C@H](O)[C@H](O)[C@H]1NC(C)=O. The number of aliphatic hydroxyl groups is 3. The van der Waals surface area contributed by atoms with Crippen molar-refractivity contribution in [1.29, 1.82) is 0 Å². The summed E-state index contributed by atoms with van der Waals surface area (Å²) in [5, 5.41) is 31.3. The van der Waals surface area contributed by atoms with Crippen LogP contribution >= 0.6 is 0 Å². The van der Waals surface area contributed by atoms with E-state index in [1.165, 1.54) is 6.92 Å². The molecule has 1 rings (SSSR count). The molecule has 0 aliphatic carbocycles. The van der Waals surface area contributed by atoms with Crippen LogP contribution in [0.15, 0.2) is 0 Å². The van der Waals surface area contributed by atoms with Crippen molar-refractivity contribution in [3.05, 3.63) is 0 Å². The Morgan fingerprint density at radius 2 is 1.94 bits per heavy atom. The third-order valence-corrected chi connectivity index (χ3v) is 2.97. The summed E-state index contributed by atoms with van der Waals surface area (Å²) >= 11 is 0. The topological polar surface area (TPSA) is 99.0 Å². The smallest absolute Gasteiger partial charge is 0.217 e. The van der Waals surface area contributed by atoms with Gasteiger partial charge in [-0.25, -0.2) is 0 Å². The summed E-state index contributed by atoms with van der Waals surface area (Å²) in [6.07, 6.45) is -2.04. The predicted molar refractivity (Wildman–Crippen MR) is 60.3 cm³/mol. The maximum atomic E-state index is 11.1. The number of ether oxygens (including phenoxy) is 1. The van der Waals surface area contributed by atoms with Gasteiger partial charge in [-0.15, -0.1) is 0 Å². The minimum absolute atomic E-state index is 0.284. The van der Waals surface area contributed by atoms with E-state index < -0.39 is 24.4 Å². The summed E-state index contributed by atoms with van der Waals surface area (Å²) in [6, 6.07) is -0.634. The third kappa shape index (κ3) is 3.38. The molecule has 6 nitrogen and oxygen atoms in total. The summed E-state index contributed by atoms with van der Waals surface area (Å²) in [6.45, 7) is 2.95. The Labute approximate surface area is 101 Å². The molecule has 5 atom stereocenters. The Bertz CT molecular complexity index is 260. The second-order valence-electron chi connectivity index (χ2n) is 4.39. The molecule has 0 aromatic carbocycles. The van der Waals surface area contributed by atoms with Crippen LogP contribution in [-0.2, 0) is 9.53 Å². The first-order valence-corrected chi connectivity index (χ1v) is 5.90. The van der Waals surface area contributed by atoms with E-state index in [-0.39, 0.29) is 18.6 Å². The monoisotopic (exact) mass is 247 g/mol. The molecule has 17 heavy (non-hydrogen) atoms. The maximum absolute atomic E-state index is 11.1. The first-order valence-electron chi connectivity index (χ1n) is 5.90. The second-order valence-corrected chi connectivity index (χ2v) is 4.39. The summed E-state index contributed by atoms with van der Waals surface area (Å²) < 4.78 is 5.50. The molecule has 0 spiro atoms. The molecule has 100 valence electrons. The van der Waals surface area contributed by atoms with Crippen LogP contribution in [0.4, 0.5) is 0 Å². The second kappa shape index (κ2) is 6.30. The highest BCUT2D eigenvalue weighted by Crippen LogP contribution is 2.24. The molecule has 1 fully saturated rings. The molecular weight excluding hydrogens is 226 g/mol. The van der Waals surface area contributed by atoms with Crippen LogP contribution in [0.5, 0.6) is 0 Å². The van der Waals surface area contributed by atoms with Crippen molar-refractivity contribution >= 4 is 5.91 Å². The van der Waals surface area contributed by atoms with E-state index in [0.29, 0.717) is 6.42 Å². The Hall–Kier alpha value is -0.690. The largest absolute Gasteiger partial charge is 0.394 e. The molecule has 6 heteroatoms. The van der Waals surface area contributed by atoms with Gasteiger partial charge in [-0.05, 0) is 6.42 Å². The summed E-state index contributed by atoms with van der Waals surface area (Å²) in [5.74, 6) is -0.284. The number of aliphatic hydroxyl groups excluding tert-OH is 3. The van der Waals surface area contributed by atoms with E-state index >= 15 is 0 Å². The van der Waals surface area contributed by atoms with E-state index in [0.717, 1.165) is 6.42 Å². The van der Waals surface area contributed by atoms with Crippen LogP contribution in [0.25, 0.3) is 0 Å². The molecule has 4 N–H and O–H groups in total. The number of carbonyl (C=O) groups is 1. The zero-order valence-electron chi connectivity index (χ0n) is 10.2. The van der Waals surface area contributed by atoms with Gasteiger partial charge in [0.2, 0.25) is 5.91 Å². The zero-order chi connectivity index (χ0) is 13.0. The van der Waals surface area contributed by atoms with E-state index in [4.69, 9.17) is 9.84 Å². The fourth-order valence-electron chi connectivity index (χ4n) is 2.14. The maximum Gasteiger partial charge on any atom is 0.217 e.